The summed E-state index contributed by atoms with van der Waals surface area (Å²) in [5.41, 5.74) is 3.75. The summed E-state index contributed by atoms with van der Waals surface area (Å²) in [5, 5.41) is 28.9. The quantitative estimate of drug-likeness (QED) is 0.414. The Kier molecular flexibility index (Phi) is 16.5. The SMILES string of the molecule is CC(=O)CC(=O)C(CO)C(CCO)CC1CC/C(C)=C\C=C(\O)CC(=O)C1.Cc1ccc(C)cc1.O.[HH].[HH]. The van der Waals surface area contributed by atoms with Crippen LogP contribution in [0.15, 0.2) is 47.7 Å². The van der Waals surface area contributed by atoms with Crippen molar-refractivity contribution in [2.24, 2.45) is 17.8 Å². The Balaban J connectivity index is -0.000000952. The number of allylic oxidation sites excluding steroid dienone is 4. The predicted molar refractivity (Wildman–Crippen MR) is 146 cm³/mol. The lowest BCUT2D eigenvalue weighted by atomic mass is 9.76. The van der Waals surface area contributed by atoms with E-state index in [0.717, 1.165) is 18.4 Å². The van der Waals surface area contributed by atoms with E-state index in [1.165, 1.54) is 18.1 Å². The summed E-state index contributed by atoms with van der Waals surface area (Å²) in [5.74, 6) is -1.61. The number of benzene rings is 1. The highest BCUT2D eigenvalue weighted by molar-refractivity contribution is 5.99. The number of rotatable bonds is 9. The molecule has 0 amide bonds. The third kappa shape index (κ3) is 13.5. The molecule has 1 aromatic rings. The molecule has 0 bridgehead atoms. The summed E-state index contributed by atoms with van der Waals surface area (Å²) in [6.07, 6.45) is 5.77. The Labute approximate surface area is 218 Å². The van der Waals surface area contributed by atoms with Gasteiger partial charge in [-0.3, -0.25) is 14.4 Å². The van der Waals surface area contributed by atoms with Gasteiger partial charge in [-0.1, -0.05) is 47.0 Å². The Morgan fingerprint density at radius 3 is 2.14 bits per heavy atom. The van der Waals surface area contributed by atoms with Crippen LogP contribution in [0.2, 0.25) is 0 Å². The van der Waals surface area contributed by atoms with Crippen molar-refractivity contribution in [3.8, 4) is 0 Å². The van der Waals surface area contributed by atoms with Crippen molar-refractivity contribution in [2.75, 3.05) is 13.2 Å². The van der Waals surface area contributed by atoms with E-state index in [-0.39, 0.29) is 75.8 Å². The molecule has 5 N–H and O–H groups in total. The zero-order chi connectivity index (χ0) is 26.4. The molecular formula is C29H48O7. The normalized spacial score (nSPS) is 20.7. The maximum absolute atomic E-state index is 12.3. The van der Waals surface area contributed by atoms with E-state index in [2.05, 4.69) is 38.1 Å². The molecule has 3 unspecified atom stereocenters. The highest BCUT2D eigenvalue weighted by Gasteiger charge is 2.30. The van der Waals surface area contributed by atoms with Crippen LogP contribution >= 0.6 is 0 Å². The van der Waals surface area contributed by atoms with E-state index < -0.39 is 5.92 Å². The fourth-order valence-electron chi connectivity index (χ4n) is 4.32. The average molecular weight is 509 g/mol. The standard InChI is InChI=1S/C21H32O6.C8H10.H2O.2H2/c1-14-3-5-16(11-19(26)12-18(25)6-4-14)10-17(7-8-22)20(13-23)21(27)9-15(2)24;1-7-3-5-8(2)6-4-7;;;/h4,6,16-17,20,22-23,25H,3,5,7-13H2,1-2H3;3-6H,1-2H3;1H2;2*1H/b14-4-,18-6+;;;;. The number of aliphatic hydroxyl groups is 3. The van der Waals surface area contributed by atoms with Gasteiger partial charge in [0.2, 0.25) is 0 Å². The van der Waals surface area contributed by atoms with Crippen LogP contribution in [0.5, 0.6) is 0 Å². The van der Waals surface area contributed by atoms with Gasteiger partial charge in [0.25, 0.3) is 0 Å². The van der Waals surface area contributed by atoms with E-state index in [1.54, 1.807) is 6.08 Å². The molecule has 1 aromatic carbocycles. The topological polar surface area (TPSA) is 143 Å². The summed E-state index contributed by atoms with van der Waals surface area (Å²) in [6, 6.07) is 8.48. The Bertz CT molecular complexity index is 874. The van der Waals surface area contributed by atoms with Crippen molar-refractivity contribution in [2.45, 2.75) is 72.6 Å². The Morgan fingerprint density at radius 2 is 1.64 bits per heavy atom. The van der Waals surface area contributed by atoms with Crippen molar-refractivity contribution in [3.05, 3.63) is 58.9 Å². The summed E-state index contributed by atoms with van der Waals surface area (Å²) in [7, 11) is 0. The van der Waals surface area contributed by atoms with Crippen LogP contribution in [0.3, 0.4) is 0 Å². The minimum Gasteiger partial charge on any atom is -0.512 e. The monoisotopic (exact) mass is 508 g/mol. The summed E-state index contributed by atoms with van der Waals surface area (Å²) < 4.78 is 0. The molecule has 7 heteroatoms. The van der Waals surface area contributed by atoms with Gasteiger partial charge in [-0.25, -0.2) is 0 Å². The number of aliphatic hydroxyl groups excluding tert-OH is 3. The van der Waals surface area contributed by atoms with Gasteiger partial charge in [-0.05, 0) is 71.3 Å². The van der Waals surface area contributed by atoms with Crippen LogP contribution in [-0.4, -0.2) is 51.4 Å². The summed E-state index contributed by atoms with van der Waals surface area (Å²) >= 11 is 0. The number of hydrogen-bond acceptors (Lipinski definition) is 6. The van der Waals surface area contributed by atoms with E-state index in [1.807, 2.05) is 13.0 Å². The molecule has 0 aromatic heterocycles. The maximum Gasteiger partial charge on any atom is 0.145 e. The minimum atomic E-state index is -0.712. The number of carbonyl (C=O) groups is 3. The molecule has 7 nitrogen and oxygen atoms in total. The lowest BCUT2D eigenvalue weighted by Gasteiger charge is -2.28. The first-order chi connectivity index (χ1) is 16.5. The fourth-order valence-corrected chi connectivity index (χ4v) is 4.32. The van der Waals surface area contributed by atoms with Crippen LogP contribution in [0, 0.1) is 31.6 Å². The van der Waals surface area contributed by atoms with Crippen molar-refractivity contribution in [1.29, 1.82) is 0 Å². The van der Waals surface area contributed by atoms with Crippen LogP contribution < -0.4 is 0 Å². The molecular weight excluding hydrogens is 460 g/mol. The zero-order valence-corrected chi connectivity index (χ0v) is 22.1. The number of Topliss-reactive ketones (excluding diaryl/α,β-unsaturated/α-hetero) is 3. The molecule has 1 aliphatic rings. The van der Waals surface area contributed by atoms with Gasteiger partial charge in [0.05, 0.1) is 25.2 Å². The second-order valence-electron chi connectivity index (χ2n) is 9.79. The van der Waals surface area contributed by atoms with Crippen molar-refractivity contribution >= 4 is 17.3 Å². The van der Waals surface area contributed by atoms with Gasteiger partial charge in [0, 0.05) is 21.8 Å². The Morgan fingerprint density at radius 1 is 1.06 bits per heavy atom. The summed E-state index contributed by atoms with van der Waals surface area (Å²) in [6.45, 7) is 6.99. The second kappa shape index (κ2) is 17.8. The molecule has 36 heavy (non-hydrogen) atoms. The first-order valence-corrected chi connectivity index (χ1v) is 12.4. The third-order valence-corrected chi connectivity index (χ3v) is 6.36. The number of aryl methyl sites for hydroxylation is 2. The van der Waals surface area contributed by atoms with E-state index in [9.17, 15) is 29.7 Å². The number of ketones is 3. The molecule has 0 fully saturated rings. The van der Waals surface area contributed by atoms with Gasteiger partial charge in [-0.15, -0.1) is 0 Å². The van der Waals surface area contributed by atoms with Gasteiger partial charge in [-0.2, -0.15) is 0 Å². The highest BCUT2D eigenvalue weighted by atomic mass is 16.3. The van der Waals surface area contributed by atoms with E-state index >= 15 is 0 Å². The van der Waals surface area contributed by atoms with Crippen LogP contribution in [0.1, 0.15) is 72.8 Å². The molecule has 0 saturated heterocycles. The van der Waals surface area contributed by atoms with Gasteiger partial charge < -0.3 is 20.8 Å². The smallest absolute Gasteiger partial charge is 0.145 e. The minimum absolute atomic E-state index is 0. The van der Waals surface area contributed by atoms with Crippen molar-refractivity contribution < 1.29 is 38.0 Å². The van der Waals surface area contributed by atoms with Gasteiger partial charge in [0.15, 0.2) is 0 Å². The third-order valence-electron chi connectivity index (χ3n) is 6.36. The lowest BCUT2D eigenvalue weighted by Crippen LogP contribution is -2.31. The maximum atomic E-state index is 12.3. The number of hydrogen-bond donors (Lipinski definition) is 3. The molecule has 1 aliphatic carbocycles. The van der Waals surface area contributed by atoms with Crippen LogP contribution in [0.4, 0.5) is 0 Å². The predicted octanol–water partition coefficient (Wildman–Crippen LogP) is 4.65. The average Bonchev–Trinajstić information content (AvgIpc) is 2.78. The number of carbonyl (C=O) groups excluding carboxylic acids is 3. The summed E-state index contributed by atoms with van der Waals surface area (Å²) in [4.78, 5) is 35.9. The molecule has 0 aliphatic heterocycles. The van der Waals surface area contributed by atoms with Crippen LogP contribution in [-0.2, 0) is 14.4 Å². The zero-order valence-electron chi connectivity index (χ0n) is 22.1. The fraction of sp³-hybridized carbons (Fsp3) is 0.552. The molecule has 3 atom stereocenters. The first kappa shape index (κ1) is 33.4. The van der Waals surface area contributed by atoms with E-state index in [4.69, 9.17) is 0 Å². The molecule has 2 rings (SSSR count). The molecule has 0 heterocycles. The Hall–Kier alpha value is -2.61. The van der Waals surface area contributed by atoms with Crippen LogP contribution in [0.25, 0.3) is 0 Å². The van der Waals surface area contributed by atoms with Crippen molar-refractivity contribution in [1.82, 2.24) is 0 Å². The van der Waals surface area contributed by atoms with E-state index in [0.29, 0.717) is 12.8 Å². The van der Waals surface area contributed by atoms with Gasteiger partial charge in [0.1, 0.15) is 17.3 Å². The largest absolute Gasteiger partial charge is 0.512 e. The van der Waals surface area contributed by atoms with Crippen molar-refractivity contribution in [3.63, 3.8) is 0 Å². The lowest BCUT2D eigenvalue weighted by molar-refractivity contribution is -0.131. The molecule has 0 spiro atoms. The highest BCUT2D eigenvalue weighted by Crippen LogP contribution is 2.31. The van der Waals surface area contributed by atoms with Gasteiger partial charge >= 0.3 is 0 Å². The second-order valence-corrected chi connectivity index (χ2v) is 9.79. The first-order valence-electron chi connectivity index (χ1n) is 12.4. The molecule has 0 saturated carbocycles. The molecule has 206 valence electrons. The molecule has 0 radical (unpaired) electrons.